The predicted octanol–water partition coefficient (Wildman–Crippen LogP) is 3.02. The number of amides is 2. The maximum absolute atomic E-state index is 12.9. The normalized spacial score (nSPS) is 14.3. The Morgan fingerprint density at radius 2 is 1.58 bits per heavy atom. The minimum atomic E-state index is -3.72. The number of carbonyl (C=O) groups excluding carboxylic acids is 2. The highest BCUT2D eigenvalue weighted by molar-refractivity contribution is 7.92. The number of ether oxygens (including phenoxy) is 1. The SMILES string of the molecule is CCOC(=O)N1CCN(C(=O)c2ccc(NS(=O)(=O)c3ccc(C)cc3)c(C)c2)CC1. The fourth-order valence-electron chi connectivity index (χ4n) is 3.32. The van der Waals surface area contributed by atoms with E-state index in [-0.39, 0.29) is 16.9 Å². The van der Waals surface area contributed by atoms with Crippen molar-refractivity contribution in [2.75, 3.05) is 37.5 Å². The van der Waals surface area contributed by atoms with Crippen molar-refractivity contribution in [2.45, 2.75) is 25.7 Å². The number of hydrogen-bond acceptors (Lipinski definition) is 5. The molecule has 1 saturated heterocycles. The minimum absolute atomic E-state index is 0.153. The van der Waals surface area contributed by atoms with Crippen LogP contribution in [-0.4, -0.2) is 63.0 Å². The molecule has 0 bridgehead atoms. The Hall–Kier alpha value is -3.07. The molecule has 2 aromatic rings. The summed E-state index contributed by atoms with van der Waals surface area (Å²) in [4.78, 5) is 28.1. The van der Waals surface area contributed by atoms with Crippen LogP contribution >= 0.6 is 0 Å². The van der Waals surface area contributed by atoms with Crippen molar-refractivity contribution in [2.24, 2.45) is 0 Å². The molecule has 1 aliphatic heterocycles. The Kier molecular flexibility index (Phi) is 6.84. The van der Waals surface area contributed by atoms with Gasteiger partial charge in [-0.15, -0.1) is 0 Å². The fraction of sp³-hybridized carbons (Fsp3) is 0.364. The zero-order chi connectivity index (χ0) is 22.6. The van der Waals surface area contributed by atoms with Crippen LogP contribution in [0.25, 0.3) is 0 Å². The molecule has 31 heavy (non-hydrogen) atoms. The van der Waals surface area contributed by atoms with Crippen molar-refractivity contribution >= 4 is 27.7 Å². The lowest BCUT2D eigenvalue weighted by Gasteiger charge is -2.34. The summed E-state index contributed by atoms with van der Waals surface area (Å²) >= 11 is 0. The van der Waals surface area contributed by atoms with E-state index in [1.165, 1.54) is 0 Å². The topological polar surface area (TPSA) is 96.0 Å². The molecular formula is C22H27N3O5S. The van der Waals surface area contributed by atoms with E-state index in [0.29, 0.717) is 49.6 Å². The lowest BCUT2D eigenvalue weighted by molar-refractivity contribution is 0.0570. The summed E-state index contributed by atoms with van der Waals surface area (Å²) < 4.78 is 32.9. The number of piperazine rings is 1. The van der Waals surface area contributed by atoms with E-state index in [4.69, 9.17) is 4.74 Å². The maximum atomic E-state index is 12.9. The van der Waals surface area contributed by atoms with Gasteiger partial charge in [-0.05, 0) is 56.7 Å². The van der Waals surface area contributed by atoms with Gasteiger partial charge in [0.1, 0.15) is 0 Å². The van der Waals surface area contributed by atoms with Crippen LogP contribution in [0.3, 0.4) is 0 Å². The first-order valence-electron chi connectivity index (χ1n) is 10.1. The summed E-state index contributed by atoms with van der Waals surface area (Å²) in [6.45, 7) is 7.37. The van der Waals surface area contributed by atoms with Crippen molar-refractivity contribution in [3.63, 3.8) is 0 Å². The van der Waals surface area contributed by atoms with Gasteiger partial charge in [-0.1, -0.05) is 17.7 Å². The Morgan fingerprint density at radius 3 is 2.16 bits per heavy atom. The second-order valence-corrected chi connectivity index (χ2v) is 9.11. The highest BCUT2D eigenvalue weighted by atomic mass is 32.2. The van der Waals surface area contributed by atoms with Crippen molar-refractivity contribution < 1.29 is 22.7 Å². The Bertz CT molecular complexity index is 1060. The zero-order valence-electron chi connectivity index (χ0n) is 17.9. The number of nitrogens with one attached hydrogen (secondary N) is 1. The third-order valence-corrected chi connectivity index (χ3v) is 6.52. The number of hydrogen-bond donors (Lipinski definition) is 1. The number of carbonyl (C=O) groups is 2. The van der Waals surface area contributed by atoms with Crippen LogP contribution in [0.1, 0.15) is 28.4 Å². The number of sulfonamides is 1. The van der Waals surface area contributed by atoms with Crippen LogP contribution in [0.15, 0.2) is 47.4 Å². The summed E-state index contributed by atoms with van der Waals surface area (Å²) in [5, 5.41) is 0. The average Bonchev–Trinajstić information content (AvgIpc) is 2.75. The van der Waals surface area contributed by atoms with Crippen LogP contribution in [0.5, 0.6) is 0 Å². The van der Waals surface area contributed by atoms with Crippen LogP contribution in [0, 0.1) is 13.8 Å². The smallest absolute Gasteiger partial charge is 0.409 e. The fourth-order valence-corrected chi connectivity index (χ4v) is 4.45. The summed E-state index contributed by atoms with van der Waals surface area (Å²) in [6, 6.07) is 11.5. The third-order valence-electron chi connectivity index (χ3n) is 5.14. The van der Waals surface area contributed by atoms with Crippen LogP contribution in [-0.2, 0) is 14.8 Å². The summed E-state index contributed by atoms with van der Waals surface area (Å²) in [6.07, 6.45) is -0.365. The molecule has 1 N–H and O–H groups in total. The number of aryl methyl sites for hydroxylation is 2. The molecule has 0 atom stereocenters. The van der Waals surface area contributed by atoms with E-state index in [1.54, 1.807) is 66.1 Å². The molecule has 166 valence electrons. The largest absolute Gasteiger partial charge is 0.450 e. The molecule has 8 nitrogen and oxygen atoms in total. The van der Waals surface area contributed by atoms with Crippen molar-refractivity contribution in [1.29, 1.82) is 0 Å². The first-order valence-corrected chi connectivity index (χ1v) is 11.6. The van der Waals surface area contributed by atoms with Crippen molar-refractivity contribution in [3.05, 3.63) is 59.2 Å². The zero-order valence-corrected chi connectivity index (χ0v) is 18.7. The molecule has 0 unspecified atom stereocenters. The highest BCUT2D eigenvalue weighted by Crippen LogP contribution is 2.22. The van der Waals surface area contributed by atoms with Gasteiger partial charge in [0.15, 0.2) is 0 Å². The molecule has 2 aromatic carbocycles. The van der Waals surface area contributed by atoms with Crippen LogP contribution in [0.2, 0.25) is 0 Å². The number of anilines is 1. The van der Waals surface area contributed by atoms with Crippen molar-refractivity contribution in [3.8, 4) is 0 Å². The highest BCUT2D eigenvalue weighted by Gasteiger charge is 2.26. The molecule has 1 fully saturated rings. The quantitative estimate of drug-likeness (QED) is 0.763. The number of benzene rings is 2. The van der Waals surface area contributed by atoms with Gasteiger partial charge in [-0.25, -0.2) is 13.2 Å². The summed E-state index contributed by atoms with van der Waals surface area (Å²) in [5.41, 5.74) is 2.51. The molecule has 3 rings (SSSR count). The molecule has 0 aliphatic carbocycles. The van der Waals surface area contributed by atoms with Crippen molar-refractivity contribution in [1.82, 2.24) is 9.80 Å². The second kappa shape index (κ2) is 9.38. The first-order chi connectivity index (χ1) is 14.7. The summed E-state index contributed by atoms with van der Waals surface area (Å²) in [5.74, 6) is -0.153. The monoisotopic (exact) mass is 445 g/mol. The predicted molar refractivity (Wildman–Crippen MR) is 118 cm³/mol. The van der Waals surface area contributed by atoms with E-state index in [1.807, 2.05) is 6.92 Å². The molecule has 9 heteroatoms. The third kappa shape index (κ3) is 5.35. The van der Waals surface area contributed by atoms with Gasteiger partial charge in [-0.2, -0.15) is 0 Å². The summed E-state index contributed by atoms with van der Waals surface area (Å²) in [7, 11) is -3.72. The number of rotatable bonds is 5. The molecule has 0 spiro atoms. The molecule has 0 radical (unpaired) electrons. The van der Waals surface area contributed by atoms with Gasteiger partial charge in [0.25, 0.3) is 15.9 Å². The molecule has 1 heterocycles. The van der Waals surface area contributed by atoms with E-state index >= 15 is 0 Å². The van der Waals surface area contributed by atoms with E-state index in [2.05, 4.69) is 4.72 Å². The van der Waals surface area contributed by atoms with Gasteiger partial charge in [0, 0.05) is 31.7 Å². The Labute approximate surface area is 182 Å². The molecule has 2 amide bonds. The van der Waals surface area contributed by atoms with E-state index in [9.17, 15) is 18.0 Å². The standard InChI is InChI=1S/C22H27N3O5S/c1-4-30-22(27)25-13-11-24(12-14-25)21(26)18-7-10-20(17(3)15-18)23-31(28,29)19-8-5-16(2)6-9-19/h5-10,15,23H,4,11-14H2,1-3H3. The van der Waals surface area contributed by atoms with Crippen LogP contribution < -0.4 is 4.72 Å². The van der Waals surface area contributed by atoms with Gasteiger partial charge in [-0.3, -0.25) is 9.52 Å². The first kappa shape index (κ1) is 22.6. The maximum Gasteiger partial charge on any atom is 0.409 e. The van der Waals surface area contributed by atoms with Gasteiger partial charge < -0.3 is 14.5 Å². The molecular weight excluding hydrogens is 418 g/mol. The lowest BCUT2D eigenvalue weighted by Crippen LogP contribution is -2.50. The van der Waals surface area contributed by atoms with E-state index in [0.717, 1.165) is 5.56 Å². The molecule has 1 aliphatic rings. The number of nitrogens with zero attached hydrogens (tertiary/aromatic N) is 2. The van der Waals surface area contributed by atoms with Gasteiger partial charge >= 0.3 is 6.09 Å². The second-order valence-electron chi connectivity index (χ2n) is 7.43. The average molecular weight is 446 g/mol. The minimum Gasteiger partial charge on any atom is -0.450 e. The Morgan fingerprint density at radius 1 is 0.968 bits per heavy atom. The van der Waals surface area contributed by atoms with Gasteiger partial charge in [0.05, 0.1) is 17.2 Å². The Balaban J connectivity index is 1.67. The van der Waals surface area contributed by atoms with E-state index < -0.39 is 10.0 Å². The lowest BCUT2D eigenvalue weighted by atomic mass is 10.1. The van der Waals surface area contributed by atoms with Gasteiger partial charge in [0.2, 0.25) is 0 Å². The molecule has 0 saturated carbocycles. The van der Waals surface area contributed by atoms with Crippen LogP contribution in [0.4, 0.5) is 10.5 Å². The molecule has 0 aromatic heterocycles.